The first-order valence-electron chi connectivity index (χ1n) is 7.46. The standard InChI is InChI=1S/C17H25NO2/c1-12-6-5-7-18(10-12)16(19)11-20-17-14(3)8-13(2)9-15(17)4/h8-9,12H,5-7,10-11H2,1-4H3/t12-/m1/s1. The number of likely N-dealkylation sites (tertiary alicyclic amines) is 1. The van der Waals surface area contributed by atoms with Crippen LogP contribution in [0.15, 0.2) is 12.1 Å². The van der Waals surface area contributed by atoms with Gasteiger partial charge in [0.1, 0.15) is 5.75 Å². The van der Waals surface area contributed by atoms with E-state index in [9.17, 15) is 4.79 Å². The summed E-state index contributed by atoms with van der Waals surface area (Å²) in [5, 5.41) is 0. The quantitative estimate of drug-likeness (QED) is 0.847. The molecule has 0 aromatic heterocycles. The van der Waals surface area contributed by atoms with E-state index in [1.165, 1.54) is 12.0 Å². The Bertz CT molecular complexity index is 473. The van der Waals surface area contributed by atoms with Crippen LogP contribution >= 0.6 is 0 Å². The molecule has 1 aromatic rings. The van der Waals surface area contributed by atoms with Gasteiger partial charge in [-0.05, 0) is 50.7 Å². The molecule has 1 amide bonds. The van der Waals surface area contributed by atoms with Crippen molar-refractivity contribution < 1.29 is 9.53 Å². The smallest absolute Gasteiger partial charge is 0.260 e. The van der Waals surface area contributed by atoms with Gasteiger partial charge in [0, 0.05) is 13.1 Å². The summed E-state index contributed by atoms with van der Waals surface area (Å²) < 4.78 is 5.78. The van der Waals surface area contributed by atoms with Crippen molar-refractivity contribution in [1.29, 1.82) is 0 Å². The SMILES string of the molecule is Cc1cc(C)c(OCC(=O)N2CCC[C@@H](C)C2)c(C)c1. The van der Waals surface area contributed by atoms with E-state index >= 15 is 0 Å². The molecule has 1 aliphatic rings. The maximum atomic E-state index is 12.2. The Labute approximate surface area is 121 Å². The number of carbonyl (C=O) groups excluding carboxylic acids is 1. The lowest BCUT2D eigenvalue weighted by atomic mass is 10.0. The van der Waals surface area contributed by atoms with Gasteiger partial charge in [-0.3, -0.25) is 4.79 Å². The predicted molar refractivity (Wildman–Crippen MR) is 81.1 cm³/mol. The maximum absolute atomic E-state index is 12.2. The summed E-state index contributed by atoms with van der Waals surface area (Å²) in [5.41, 5.74) is 3.42. The van der Waals surface area contributed by atoms with Crippen LogP contribution in [0.4, 0.5) is 0 Å². The number of hydrogen-bond acceptors (Lipinski definition) is 2. The number of hydrogen-bond donors (Lipinski definition) is 0. The van der Waals surface area contributed by atoms with Crippen LogP contribution in [-0.2, 0) is 4.79 Å². The summed E-state index contributed by atoms with van der Waals surface area (Å²) in [4.78, 5) is 14.1. The van der Waals surface area contributed by atoms with Gasteiger partial charge in [-0.25, -0.2) is 0 Å². The molecule has 0 spiro atoms. The number of ether oxygens (including phenoxy) is 1. The minimum absolute atomic E-state index is 0.107. The summed E-state index contributed by atoms with van der Waals surface area (Å²) in [6, 6.07) is 4.19. The molecule has 1 heterocycles. The van der Waals surface area contributed by atoms with Gasteiger partial charge in [0.15, 0.2) is 6.61 Å². The molecule has 2 rings (SSSR count). The fourth-order valence-electron chi connectivity index (χ4n) is 3.04. The van der Waals surface area contributed by atoms with E-state index in [1.807, 2.05) is 18.7 Å². The molecule has 1 saturated heterocycles. The van der Waals surface area contributed by atoms with Crippen LogP contribution in [0.5, 0.6) is 5.75 Å². The molecule has 0 bridgehead atoms. The fourth-order valence-corrected chi connectivity index (χ4v) is 3.04. The zero-order valence-electron chi connectivity index (χ0n) is 13.0. The number of carbonyl (C=O) groups is 1. The number of amides is 1. The Kier molecular flexibility index (Phi) is 4.69. The topological polar surface area (TPSA) is 29.5 Å². The molecule has 1 aromatic carbocycles. The minimum atomic E-state index is 0.107. The Hall–Kier alpha value is -1.51. The molecule has 1 aliphatic heterocycles. The number of piperidine rings is 1. The maximum Gasteiger partial charge on any atom is 0.260 e. The molecule has 110 valence electrons. The van der Waals surface area contributed by atoms with Gasteiger partial charge in [0.05, 0.1) is 0 Å². The Morgan fingerprint density at radius 3 is 2.55 bits per heavy atom. The van der Waals surface area contributed by atoms with E-state index in [2.05, 4.69) is 26.0 Å². The van der Waals surface area contributed by atoms with Crippen LogP contribution in [-0.4, -0.2) is 30.5 Å². The average molecular weight is 275 g/mol. The molecule has 0 radical (unpaired) electrons. The lowest BCUT2D eigenvalue weighted by molar-refractivity contribution is -0.135. The lowest BCUT2D eigenvalue weighted by Gasteiger charge is -2.31. The number of benzene rings is 1. The summed E-state index contributed by atoms with van der Waals surface area (Å²) in [6.45, 7) is 10.2. The highest BCUT2D eigenvalue weighted by Gasteiger charge is 2.21. The van der Waals surface area contributed by atoms with Crippen molar-refractivity contribution >= 4 is 5.91 Å². The van der Waals surface area contributed by atoms with Crippen LogP contribution in [0.3, 0.4) is 0 Å². The highest BCUT2D eigenvalue weighted by Crippen LogP contribution is 2.24. The van der Waals surface area contributed by atoms with Gasteiger partial charge >= 0.3 is 0 Å². The van der Waals surface area contributed by atoms with Crippen LogP contribution in [0.1, 0.15) is 36.5 Å². The third-order valence-electron chi connectivity index (χ3n) is 3.95. The molecule has 3 heteroatoms. The van der Waals surface area contributed by atoms with E-state index in [-0.39, 0.29) is 12.5 Å². The van der Waals surface area contributed by atoms with E-state index in [0.29, 0.717) is 5.92 Å². The van der Waals surface area contributed by atoms with E-state index in [0.717, 1.165) is 36.4 Å². The average Bonchev–Trinajstić information content (AvgIpc) is 2.37. The fraction of sp³-hybridized carbons (Fsp3) is 0.588. The number of rotatable bonds is 3. The summed E-state index contributed by atoms with van der Waals surface area (Å²) in [5.74, 6) is 1.57. The van der Waals surface area contributed by atoms with Crippen molar-refractivity contribution in [3.8, 4) is 5.75 Å². The third kappa shape index (κ3) is 3.53. The first kappa shape index (κ1) is 14.9. The molecular weight excluding hydrogens is 250 g/mol. The highest BCUT2D eigenvalue weighted by atomic mass is 16.5. The molecule has 0 saturated carbocycles. The van der Waals surface area contributed by atoms with E-state index in [4.69, 9.17) is 4.74 Å². The number of nitrogens with zero attached hydrogens (tertiary/aromatic N) is 1. The summed E-state index contributed by atoms with van der Waals surface area (Å²) in [6.07, 6.45) is 2.33. The Balaban J connectivity index is 1.96. The molecule has 0 N–H and O–H groups in total. The molecule has 0 aliphatic carbocycles. The van der Waals surface area contributed by atoms with E-state index in [1.54, 1.807) is 0 Å². The summed E-state index contributed by atoms with van der Waals surface area (Å²) in [7, 11) is 0. The van der Waals surface area contributed by atoms with Gasteiger partial charge in [0.2, 0.25) is 0 Å². The Morgan fingerprint density at radius 1 is 1.30 bits per heavy atom. The van der Waals surface area contributed by atoms with Crippen molar-refractivity contribution in [1.82, 2.24) is 4.90 Å². The zero-order chi connectivity index (χ0) is 14.7. The van der Waals surface area contributed by atoms with Gasteiger partial charge < -0.3 is 9.64 Å². The molecule has 20 heavy (non-hydrogen) atoms. The van der Waals surface area contributed by atoms with Crippen molar-refractivity contribution in [2.24, 2.45) is 5.92 Å². The second-order valence-corrected chi connectivity index (χ2v) is 6.10. The van der Waals surface area contributed by atoms with Crippen LogP contribution in [0.25, 0.3) is 0 Å². The highest BCUT2D eigenvalue weighted by molar-refractivity contribution is 5.78. The summed E-state index contributed by atoms with van der Waals surface area (Å²) >= 11 is 0. The largest absolute Gasteiger partial charge is 0.483 e. The van der Waals surface area contributed by atoms with Gasteiger partial charge in [-0.15, -0.1) is 0 Å². The molecule has 1 fully saturated rings. The third-order valence-corrected chi connectivity index (χ3v) is 3.95. The van der Waals surface area contributed by atoms with Crippen LogP contribution in [0, 0.1) is 26.7 Å². The van der Waals surface area contributed by atoms with E-state index < -0.39 is 0 Å². The van der Waals surface area contributed by atoms with Crippen LogP contribution < -0.4 is 4.74 Å². The lowest BCUT2D eigenvalue weighted by Crippen LogP contribution is -2.41. The normalized spacial score (nSPS) is 19.0. The second kappa shape index (κ2) is 6.29. The first-order chi connectivity index (χ1) is 9.47. The van der Waals surface area contributed by atoms with Crippen molar-refractivity contribution in [2.45, 2.75) is 40.5 Å². The zero-order valence-corrected chi connectivity index (χ0v) is 13.0. The van der Waals surface area contributed by atoms with Crippen LogP contribution in [0.2, 0.25) is 0 Å². The molecule has 0 unspecified atom stereocenters. The molecule has 1 atom stereocenters. The monoisotopic (exact) mass is 275 g/mol. The second-order valence-electron chi connectivity index (χ2n) is 6.10. The first-order valence-corrected chi connectivity index (χ1v) is 7.46. The predicted octanol–water partition coefficient (Wildman–Crippen LogP) is 3.25. The van der Waals surface area contributed by atoms with Gasteiger partial charge in [-0.1, -0.05) is 24.6 Å². The minimum Gasteiger partial charge on any atom is -0.483 e. The van der Waals surface area contributed by atoms with Crippen molar-refractivity contribution in [2.75, 3.05) is 19.7 Å². The van der Waals surface area contributed by atoms with Gasteiger partial charge in [-0.2, -0.15) is 0 Å². The van der Waals surface area contributed by atoms with Crippen molar-refractivity contribution in [3.05, 3.63) is 28.8 Å². The van der Waals surface area contributed by atoms with Gasteiger partial charge in [0.25, 0.3) is 5.91 Å². The van der Waals surface area contributed by atoms with Crippen molar-refractivity contribution in [3.63, 3.8) is 0 Å². The molecular formula is C17H25NO2. The Morgan fingerprint density at radius 2 is 1.95 bits per heavy atom. The molecule has 3 nitrogen and oxygen atoms in total. The number of aryl methyl sites for hydroxylation is 3.